The third-order valence-electron chi connectivity index (χ3n) is 2.26. The molecule has 6 heteroatoms. The first-order chi connectivity index (χ1) is 8.61. The number of carbonyl (C=O) groups excluding carboxylic acids is 1. The SMILES string of the molecule is CCOC(=O)c1ncc(-c2cc(Br)ccc2F)[nH]1. The van der Waals surface area contributed by atoms with Crippen LogP contribution in [0, 0.1) is 5.82 Å². The van der Waals surface area contributed by atoms with E-state index < -0.39 is 11.8 Å². The van der Waals surface area contributed by atoms with Crippen LogP contribution in [0.3, 0.4) is 0 Å². The van der Waals surface area contributed by atoms with Gasteiger partial charge in [0.05, 0.1) is 18.5 Å². The summed E-state index contributed by atoms with van der Waals surface area (Å²) in [7, 11) is 0. The van der Waals surface area contributed by atoms with Crippen LogP contribution >= 0.6 is 15.9 Å². The molecule has 4 nitrogen and oxygen atoms in total. The smallest absolute Gasteiger partial charge is 0.374 e. The topological polar surface area (TPSA) is 55.0 Å². The first-order valence-corrected chi connectivity index (χ1v) is 6.08. The zero-order valence-electron chi connectivity index (χ0n) is 9.54. The van der Waals surface area contributed by atoms with Crippen LogP contribution in [-0.4, -0.2) is 22.5 Å². The maximum absolute atomic E-state index is 13.6. The Morgan fingerprint density at radius 3 is 3.06 bits per heavy atom. The van der Waals surface area contributed by atoms with Gasteiger partial charge in [0.1, 0.15) is 5.82 Å². The zero-order chi connectivity index (χ0) is 13.1. The van der Waals surface area contributed by atoms with Gasteiger partial charge in [-0.05, 0) is 25.1 Å². The normalized spacial score (nSPS) is 10.4. The number of H-pyrrole nitrogens is 1. The van der Waals surface area contributed by atoms with E-state index in [1.165, 1.54) is 12.3 Å². The Morgan fingerprint density at radius 1 is 1.56 bits per heavy atom. The van der Waals surface area contributed by atoms with Gasteiger partial charge in [0.15, 0.2) is 0 Å². The average Bonchev–Trinajstić information content (AvgIpc) is 2.82. The molecule has 0 atom stereocenters. The van der Waals surface area contributed by atoms with Gasteiger partial charge in [-0.1, -0.05) is 15.9 Å². The lowest BCUT2D eigenvalue weighted by atomic mass is 10.1. The molecule has 1 aromatic heterocycles. The Kier molecular flexibility index (Phi) is 3.76. The molecule has 1 N–H and O–H groups in total. The van der Waals surface area contributed by atoms with Crippen molar-refractivity contribution in [3.8, 4) is 11.3 Å². The van der Waals surface area contributed by atoms with Crippen LogP contribution in [0.4, 0.5) is 4.39 Å². The van der Waals surface area contributed by atoms with Crippen LogP contribution in [-0.2, 0) is 4.74 Å². The second-order valence-corrected chi connectivity index (χ2v) is 4.41. The number of rotatable bonds is 3. The van der Waals surface area contributed by atoms with Crippen LogP contribution in [0.15, 0.2) is 28.9 Å². The average molecular weight is 313 g/mol. The molecule has 0 saturated heterocycles. The number of esters is 1. The van der Waals surface area contributed by atoms with E-state index in [1.54, 1.807) is 19.1 Å². The third kappa shape index (κ3) is 2.59. The summed E-state index contributed by atoms with van der Waals surface area (Å²) < 4.78 is 19.2. The van der Waals surface area contributed by atoms with E-state index in [-0.39, 0.29) is 12.4 Å². The molecule has 2 aromatic rings. The molecule has 0 radical (unpaired) electrons. The minimum absolute atomic E-state index is 0.0613. The number of aromatic amines is 1. The molecule has 0 saturated carbocycles. The highest BCUT2D eigenvalue weighted by Gasteiger charge is 2.14. The van der Waals surface area contributed by atoms with Gasteiger partial charge in [0, 0.05) is 10.0 Å². The molecular formula is C12H10BrFN2O2. The molecule has 94 valence electrons. The largest absolute Gasteiger partial charge is 0.460 e. The first-order valence-electron chi connectivity index (χ1n) is 5.29. The van der Waals surface area contributed by atoms with Crippen molar-refractivity contribution < 1.29 is 13.9 Å². The number of benzene rings is 1. The van der Waals surface area contributed by atoms with Gasteiger partial charge in [-0.25, -0.2) is 14.2 Å². The number of aromatic nitrogens is 2. The van der Waals surface area contributed by atoms with Crippen molar-refractivity contribution >= 4 is 21.9 Å². The lowest BCUT2D eigenvalue weighted by Gasteiger charge is -2.01. The number of imidazole rings is 1. The minimum Gasteiger partial charge on any atom is -0.460 e. The molecule has 0 unspecified atom stereocenters. The van der Waals surface area contributed by atoms with E-state index in [1.807, 2.05) is 0 Å². The van der Waals surface area contributed by atoms with Crippen molar-refractivity contribution in [3.05, 3.63) is 40.5 Å². The fraction of sp³-hybridized carbons (Fsp3) is 0.167. The highest BCUT2D eigenvalue weighted by molar-refractivity contribution is 9.10. The molecule has 1 heterocycles. The molecule has 0 bridgehead atoms. The van der Waals surface area contributed by atoms with Gasteiger partial charge in [-0.2, -0.15) is 0 Å². The van der Waals surface area contributed by atoms with E-state index in [2.05, 4.69) is 25.9 Å². The van der Waals surface area contributed by atoms with Crippen molar-refractivity contribution in [3.63, 3.8) is 0 Å². The van der Waals surface area contributed by atoms with E-state index in [4.69, 9.17) is 4.74 Å². The molecule has 2 rings (SSSR count). The fourth-order valence-corrected chi connectivity index (χ4v) is 1.83. The van der Waals surface area contributed by atoms with Crippen LogP contribution in [0.2, 0.25) is 0 Å². The molecule has 0 aliphatic carbocycles. The Bertz CT molecular complexity index is 583. The van der Waals surface area contributed by atoms with E-state index in [9.17, 15) is 9.18 Å². The second kappa shape index (κ2) is 5.30. The molecule has 18 heavy (non-hydrogen) atoms. The summed E-state index contributed by atoms with van der Waals surface area (Å²) in [4.78, 5) is 18.0. The summed E-state index contributed by atoms with van der Waals surface area (Å²) in [5.74, 6) is -0.886. The van der Waals surface area contributed by atoms with Crippen molar-refractivity contribution in [2.75, 3.05) is 6.61 Å². The first kappa shape index (κ1) is 12.8. The number of ether oxygens (including phenoxy) is 1. The number of carbonyl (C=O) groups is 1. The number of halogens is 2. The van der Waals surface area contributed by atoms with Crippen molar-refractivity contribution in [2.24, 2.45) is 0 Å². The Labute approximate surface area is 111 Å². The molecule has 0 aliphatic rings. The summed E-state index contributed by atoms with van der Waals surface area (Å²) in [6.45, 7) is 1.97. The number of hydrogen-bond acceptors (Lipinski definition) is 3. The van der Waals surface area contributed by atoms with Crippen LogP contribution in [0.25, 0.3) is 11.3 Å². The van der Waals surface area contributed by atoms with Crippen molar-refractivity contribution in [2.45, 2.75) is 6.92 Å². The van der Waals surface area contributed by atoms with Gasteiger partial charge in [0.2, 0.25) is 5.82 Å². The summed E-state index contributed by atoms with van der Waals surface area (Å²) in [5.41, 5.74) is 0.768. The van der Waals surface area contributed by atoms with Crippen molar-refractivity contribution in [1.82, 2.24) is 9.97 Å². The molecule has 0 spiro atoms. The van der Waals surface area contributed by atoms with Gasteiger partial charge in [0.25, 0.3) is 0 Å². The predicted octanol–water partition coefficient (Wildman–Crippen LogP) is 3.16. The van der Waals surface area contributed by atoms with Gasteiger partial charge in [-0.15, -0.1) is 0 Å². The zero-order valence-corrected chi connectivity index (χ0v) is 11.1. The Balaban J connectivity index is 2.35. The minimum atomic E-state index is -0.556. The lowest BCUT2D eigenvalue weighted by molar-refractivity contribution is 0.0513. The van der Waals surface area contributed by atoms with E-state index in [0.29, 0.717) is 11.3 Å². The fourth-order valence-electron chi connectivity index (χ4n) is 1.47. The Morgan fingerprint density at radius 2 is 2.33 bits per heavy atom. The highest BCUT2D eigenvalue weighted by Crippen LogP contribution is 2.24. The summed E-state index contributed by atoms with van der Waals surface area (Å²) in [6.07, 6.45) is 1.40. The van der Waals surface area contributed by atoms with E-state index >= 15 is 0 Å². The standard InChI is InChI=1S/C12H10BrFN2O2/c1-2-18-12(17)11-15-6-10(16-11)8-5-7(13)3-4-9(8)14/h3-6H,2H2,1H3,(H,15,16). The van der Waals surface area contributed by atoms with Crippen LogP contribution < -0.4 is 0 Å². The quantitative estimate of drug-likeness (QED) is 0.886. The highest BCUT2D eigenvalue weighted by atomic mass is 79.9. The summed E-state index contributed by atoms with van der Waals surface area (Å²) in [6, 6.07) is 4.55. The predicted molar refractivity (Wildman–Crippen MR) is 67.6 cm³/mol. The van der Waals surface area contributed by atoms with E-state index in [0.717, 1.165) is 4.47 Å². The number of nitrogens with zero attached hydrogens (tertiary/aromatic N) is 1. The maximum Gasteiger partial charge on any atom is 0.374 e. The molecule has 0 amide bonds. The van der Waals surface area contributed by atoms with Crippen LogP contribution in [0.1, 0.15) is 17.5 Å². The van der Waals surface area contributed by atoms with Crippen molar-refractivity contribution in [1.29, 1.82) is 0 Å². The monoisotopic (exact) mass is 312 g/mol. The maximum atomic E-state index is 13.6. The molecule has 1 aromatic carbocycles. The number of nitrogens with one attached hydrogen (secondary N) is 1. The van der Waals surface area contributed by atoms with Gasteiger partial charge in [-0.3, -0.25) is 0 Å². The summed E-state index contributed by atoms with van der Waals surface area (Å²) in [5, 5.41) is 0. The van der Waals surface area contributed by atoms with Crippen LogP contribution in [0.5, 0.6) is 0 Å². The third-order valence-corrected chi connectivity index (χ3v) is 2.76. The van der Waals surface area contributed by atoms with Gasteiger partial charge < -0.3 is 9.72 Å². The second-order valence-electron chi connectivity index (χ2n) is 3.49. The van der Waals surface area contributed by atoms with Gasteiger partial charge >= 0.3 is 5.97 Å². The molecular weight excluding hydrogens is 303 g/mol. The number of hydrogen-bond donors (Lipinski definition) is 1. The lowest BCUT2D eigenvalue weighted by Crippen LogP contribution is -2.06. The molecule has 0 aliphatic heterocycles. The molecule has 0 fully saturated rings. The Hall–Kier alpha value is -1.69. The summed E-state index contributed by atoms with van der Waals surface area (Å²) >= 11 is 3.26.